The molecule has 2 N–H and O–H groups in total. The summed E-state index contributed by atoms with van der Waals surface area (Å²) in [7, 11) is 0. The van der Waals surface area contributed by atoms with Gasteiger partial charge in [0.1, 0.15) is 27.8 Å². The number of carboxylic acids is 1. The van der Waals surface area contributed by atoms with E-state index in [1.54, 1.807) is 46.4 Å². The van der Waals surface area contributed by atoms with Crippen molar-refractivity contribution in [2.24, 2.45) is 0 Å². The van der Waals surface area contributed by atoms with E-state index in [1.807, 2.05) is 17.5 Å². The quantitative estimate of drug-likeness (QED) is 0.305. The van der Waals surface area contributed by atoms with Gasteiger partial charge in [0.15, 0.2) is 0 Å². The molecule has 3 rings (SSSR count). The van der Waals surface area contributed by atoms with Crippen LogP contribution in [0.2, 0.25) is 0 Å². The average molecular weight is 619 g/mol. The van der Waals surface area contributed by atoms with E-state index in [0.29, 0.717) is 26.4 Å². The summed E-state index contributed by atoms with van der Waals surface area (Å²) >= 11 is 7.56. The summed E-state index contributed by atoms with van der Waals surface area (Å²) in [6.45, 7) is 10.8. The third kappa shape index (κ3) is 7.40. The van der Waals surface area contributed by atoms with Gasteiger partial charge in [-0.3, -0.25) is 4.90 Å². The minimum atomic E-state index is -1.21. The molecule has 196 valence electrons. The second-order valence-corrected chi connectivity index (χ2v) is 13.6. The zero-order valence-corrected chi connectivity index (χ0v) is 24.7. The van der Waals surface area contributed by atoms with Crippen molar-refractivity contribution in [1.82, 2.24) is 9.69 Å². The number of anilines is 1. The lowest BCUT2D eigenvalue weighted by molar-refractivity contribution is -0.139. The molecule has 0 aliphatic rings. The predicted octanol–water partition coefficient (Wildman–Crippen LogP) is 6.64. The molecule has 0 saturated carbocycles. The topological polar surface area (TPSA) is 118 Å². The predicted molar refractivity (Wildman–Crippen MR) is 146 cm³/mol. The number of carbonyl (C=O) groups excluding carboxylic acids is 2. The van der Waals surface area contributed by atoms with Crippen molar-refractivity contribution in [3.05, 3.63) is 31.7 Å². The number of hydrogen-bond donors (Lipinski definition) is 2. The number of aromatic nitrogens is 1. The Morgan fingerprint density at radius 2 is 1.83 bits per heavy atom. The zero-order chi connectivity index (χ0) is 26.8. The van der Waals surface area contributed by atoms with E-state index in [0.717, 1.165) is 9.58 Å². The lowest BCUT2D eigenvalue weighted by atomic mass is 10.2. The van der Waals surface area contributed by atoms with Gasteiger partial charge >= 0.3 is 18.2 Å². The Morgan fingerprint density at radius 1 is 1.17 bits per heavy atom. The first-order valence-corrected chi connectivity index (χ1v) is 14.2. The van der Waals surface area contributed by atoms with Gasteiger partial charge in [-0.25, -0.2) is 14.4 Å². The molecule has 0 fully saturated rings. The first-order valence-electron chi connectivity index (χ1n) is 11.0. The van der Waals surface area contributed by atoms with Crippen LogP contribution in [0.15, 0.2) is 22.0 Å². The molecule has 2 amide bonds. The van der Waals surface area contributed by atoms with Crippen LogP contribution >= 0.6 is 50.1 Å². The maximum atomic E-state index is 13.2. The number of alkyl carbamates (subject to hydrolysis) is 1. The highest BCUT2D eigenvalue weighted by molar-refractivity contribution is 9.10. The van der Waals surface area contributed by atoms with Gasteiger partial charge in [-0.15, -0.1) is 22.7 Å². The van der Waals surface area contributed by atoms with E-state index in [4.69, 9.17) is 9.47 Å². The van der Waals surface area contributed by atoms with E-state index in [9.17, 15) is 19.5 Å². The number of amides is 2. The molecule has 0 spiro atoms. The molecule has 0 aliphatic heterocycles. The summed E-state index contributed by atoms with van der Waals surface area (Å²) in [5, 5.41) is 14.7. The van der Waals surface area contributed by atoms with Gasteiger partial charge in [-0.1, -0.05) is 6.07 Å². The molecule has 0 aliphatic carbocycles. The molecule has 0 radical (unpaired) electrons. The van der Waals surface area contributed by atoms with Crippen molar-refractivity contribution in [3.8, 4) is 0 Å². The summed E-state index contributed by atoms with van der Waals surface area (Å²) in [6.07, 6.45) is -1.30. The van der Waals surface area contributed by atoms with Gasteiger partial charge in [-0.2, -0.15) is 4.37 Å². The molecular weight excluding hydrogens is 590 g/mol. The van der Waals surface area contributed by atoms with E-state index in [1.165, 1.54) is 34.2 Å². The Labute approximate surface area is 229 Å². The van der Waals surface area contributed by atoms with Crippen LogP contribution in [0.3, 0.4) is 0 Å². The Hall–Kier alpha value is -2.22. The van der Waals surface area contributed by atoms with Crippen molar-refractivity contribution in [2.75, 3.05) is 4.90 Å². The van der Waals surface area contributed by atoms with E-state index in [2.05, 4.69) is 25.6 Å². The molecule has 13 heteroatoms. The lowest BCUT2D eigenvalue weighted by Gasteiger charge is -2.26. The molecule has 9 nitrogen and oxygen atoms in total. The molecule has 0 bridgehead atoms. The zero-order valence-electron chi connectivity index (χ0n) is 20.7. The maximum absolute atomic E-state index is 13.2. The second kappa shape index (κ2) is 11.0. The van der Waals surface area contributed by atoms with Crippen molar-refractivity contribution in [3.63, 3.8) is 0 Å². The van der Waals surface area contributed by atoms with Crippen molar-refractivity contribution in [2.45, 2.75) is 71.8 Å². The van der Waals surface area contributed by atoms with Gasteiger partial charge in [0, 0.05) is 16.2 Å². The number of nitrogens with one attached hydrogen (secondary N) is 1. The summed E-state index contributed by atoms with van der Waals surface area (Å²) in [6, 6.07) is 2.65. The number of halogens is 1. The normalized spacial score (nSPS) is 12.9. The molecule has 3 heterocycles. The first-order chi connectivity index (χ1) is 16.6. The van der Waals surface area contributed by atoms with Crippen LogP contribution < -0.4 is 10.2 Å². The van der Waals surface area contributed by atoms with Crippen LogP contribution in [0.5, 0.6) is 0 Å². The maximum Gasteiger partial charge on any atom is 0.415 e. The monoisotopic (exact) mass is 617 g/mol. The average Bonchev–Trinajstić information content (AvgIpc) is 3.42. The number of carbonyl (C=O) groups is 3. The smallest absolute Gasteiger partial charge is 0.415 e. The SMILES string of the molecule is CC(C)(C)OC(=O)N[C@@H](Cc1sc2c(N(Cc3cccs3)C(=O)OC(C)(C)C)snc2c1Br)C(=O)O. The highest BCUT2D eigenvalue weighted by Crippen LogP contribution is 2.44. The molecule has 0 saturated heterocycles. The van der Waals surface area contributed by atoms with Gasteiger partial charge in [0.25, 0.3) is 0 Å². The number of aliphatic carboxylic acids is 1. The van der Waals surface area contributed by atoms with Crippen LogP contribution in [0.25, 0.3) is 10.2 Å². The third-order valence-electron chi connectivity index (χ3n) is 4.44. The van der Waals surface area contributed by atoms with Crippen LogP contribution in [0.1, 0.15) is 51.3 Å². The van der Waals surface area contributed by atoms with Crippen molar-refractivity contribution >= 4 is 83.5 Å². The molecule has 0 unspecified atom stereocenters. The Balaban J connectivity index is 1.93. The lowest BCUT2D eigenvalue weighted by Crippen LogP contribution is -2.44. The third-order valence-corrected chi connectivity index (χ3v) is 8.63. The standard InChI is InChI=1S/C23H28BrN3O6S3/c1-22(2,3)32-20(30)25-13(19(28)29)10-14-15(24)16-17(35-14)18(36-26-16)27(11-12-8-7-9-34-12)21(31)33-23(4,5)6/h7-9,13H,10-11H2,1-6H3,(H,25,30)(H,28,29)/t13-/m0/s1. The fourth-order valence-corrected chi connectivity index (χ4v) is 6.87. The van der Waals surface area contributed by atoms with Gasteiger partial charge in [0.2, 0.25) is 0 Å². The van der Waals surface area contributed by atoms with Gasteiger partial charge in [-0.05, 0) is 80.5 Å². The number of fused-ring (bicyclic) bond motifs is 1. The van der Waals surface area contributed by atoms with Crippen LogP contribution in [-0.4, -0.2) is 44.9 Å². The van der Waals surface area contributed by atoms with Gasteiger partial charge in [0.05, 0.1) is 15.7 Å². The first kappa shape index (κ1) is 28.4. The Kier molecular flexibility index (Phi) is 8.69. The summed E-state index contributed by atoms with van der Waals surface area (Å²) in [4.78, 5) is 40.4. The second-order valence-electron chi connectivity index (χ2n) is 9.89. The molecule has 1 atom stereocenters. The van der Waals surface area contributed by atoms with Gasteiger partial charge < -0.3 is 19.9 Å². The highest BCUT2D eigenvalue weighted by atomic mass is 79.9. The highest BCUT2D eigenvalue weighted by Gasteiger charge is 2.31. The summed E-state index contributed by atoms with van der Waals surface area (Å²) < 4.78 is 16.8. The van der Waals surface area contributed by atoms with Crippen LogP contribution in [0.4, 0.5) is 14.6 Å². The fourth-order valence-electron chi connectivity index (χ4n) is 3.04. The molecule has 0 aromatic carbocycles. The largest absolute Gasteiger partial charge is 0.480 e. The van der Waals surface area contributed by atoms with E-state index >= 15 is 0 Å². The van der Waals surface area contributed by atoms with E-state index < -0.39 is 35.4 Å². The van der Waals surface area contributed by atoms with Crippen molar-refractivity contribution in [1.29, 1.82) is 0 Å². The number of nitrogens with zero attached hydrogens (tertiary/aromatic N) is 2. The minimum absolute atomic E-state index is 0.0116. The summed E-state index contributed by atoms with van der Waals surface area (Å²) in [5.41, 5.74) is -0.820. The number of ether oxygens (including phenoxy) is 2. The fraction of sp³-hybridized carbons (Fsp3) is 0.478. The minimum Gasteiger partial charge on any atom is -0.480 e. The number of rotatable bonds is 7. The molecular formula is C23H28BrN3O6S3. The Morgan fingerprint density at radius 3 is 2.39 bits per heavy atom. The summed E-state index contributed by atoms with van der Waals surface area (Å²) in [5.74, 6) is -1.19. The number of carboxylic acid groups (broad SMARTS) is 1. The number of hydrogen-bond acceptors (Lipinski definition) is 9. The van der Waals surface area contributed by atoms with E-state index in [-0.39, 0.29) is 6.42 Å². The van der Waals surface area contributed by atoms with Crippen LogP contribution in [-0.2, 0) is 27.2 Å². The Bertz CT molecular complexity index is 1240. The number of thiophene rings is 2. The molecule has 3 aromatic heterocycles. The van der Waals surface area contributed by atoms with Crippen LogP contribution in [0, 0.1) is 0 Å². The molecule has 36 heavy (non-hydrogen) atoms. The molecule has 3 aromatic rings. The van der Waals surface area contributed by atoms with Crippen molar-refractivity contribution < 1.29 is 29.0 Å².